The van der Waals surface area contributed by atoms with Gasteiger partial charge >= 0.3 is 0 Å². The van der Waals surface area contributed by atoms with Crippen molar-refractivity contribution in [2.24, 2.45) is 0 Å². The topological polar surface area (TPSA) is 48.1 Å². The normalized spacial score (nSPS) is 12.8. The predicted molar refractivity (Wildman–Crippen MR) is 78.4 cm³/mol. The molecule has 2 aromatic rings. The summed E-state index contributed by atoms with van der Waals surface area (Å²) in [5, 5.41) is 4.02. The van der Waals surface area contributed by atoms with Crippen LogP contribution in [0.4, 0.5) is 0 Å². The van der Waals surface area contributed by atoms with Crippen LogP contribution in [0.15, 0.2) is 30.5 Å². The van der Waals surface area contributed by atoms with E-state index in [4.69, 9.17) is 0 Å². The van der Waals surface area contributed by atoms with Gasteiger partial charge in [-0.25, -0.2) is 0 Å². The van der Waals surface area contributed by atoms with Crippen molar-refractivity contribution in [2.75, 3.05) is 20.6 Å². The predicted octanol–water partition coefficient (Wildman–Crippen LogP) is 2.24. The molecule has 4 heteroatoms. The van der Waals surface area contributed by atoms with E-state index in [1.165, 1.54) is 0 Å². The number of fused-ring (bicyclic) bond motifs is 1. The molecule has 2 N–H and O–H groups in total. The molecule has 0 aliphatic rings. The molecule has 1 unspecified atom stereocenters. The Hall–Kier alpha value is -1.81. The van der Waals surface area contributed by atoms with Gasteiger partial charge in [0.05, 0.1) is 5.56 Å². The summed E-state index contributed by atoms with van der Waals surface area (Å²) in [5.41, 5.74) is 1.71. The van der Waals surface area contributed by atoms with Crippen LogP contribution in [0.25, 0.3) is 10.9 Å². The summed E-state index contributed by atoms with van der Waals surface area (Å²) in [4.78, 5) is 17.5. The highest BCUT2D eigenvalue weighted by Gasteiger charge is 2.13. The molecule has 1 aromatic heterocycles. The quantitative estimate of drug-likeness (QED) is 0.865. The maximum atomic E-state index is 12.2. The van der Waals surface area contributed by atoms with Gasteiger partial charge in [0, 0.05) is 23.1 Å². The van der Waals surface area contributed by atoms with E-state index in [0.717, 1.165) is 23.9 Å². The fourth-order valence-electron chi connectivity index (χ4n) is 2.08. The average molecular weight is 259 g/mol. The molecule has 1 aromatic carbocycles. The van der Waals surface area contributed by atoms with Crippen LogP contribution in [0.2, 0.25) is 0 Å². The standard InChI is InChI=1S/C15H21N3O/c1-11(8-9-18(2)3)17-15(19)13-10-16-14-7-5-4-6-12(13)14/h4-7,10-11,16H,8-9H2,1-3H3,(H,17,19). The van der Waals surface area contributed by atoms with Gasteiger partial charge in [-0.05, 0) is 40.1 Å². The molecule has 4 nitrogen and oxygen atoms in total. The summed E-state index contributed by atoms with van der Waals surface area (Å²) in [6.45, 7) is 3.01. The minimum absolute atomic E-state index is 0.0105. The SMILES string of the molecule is CC(CCN(C)C)NC(=O)c1c[nH]c2ccccc12. The summed E-state index contributed by atoms with van der Waals surface area (Å²) < 4.78 is 0. The van der Waals surface area contributed by atoms with Gasteiger partial charge in [0.2, 0.25) is 0 Å². The average Bonchev–Trinajstić information content (AvgIpc) is 2.80. The van der Waals surface area contributed by atoms with Crippen LogP contribution in [0.3, 0.4) is 0 Å². The molecule has 102 valence electrons. The zero-order valence-electron chi connectivity index (χ0n) is 11.7. The highest BCUT2D eigenvalue weighted by molar-refractivity contribution is 6.06. The van der Waals surface area contributed by atoms with E-state index >= 15 is 0 Å². The minimum atomic E-state index is -0.0105. The summed E-state index contributed by atoms with van der Waals surface area (Å²) >= 11 is 0. The second-order valence-corrected chi connectivity index (χ2v) is 5.21. The third kappa shape index (κ3) is 3.35. The number of benzene rings is 1. The molecule has 1 heterocycles. The van der Waals surface area contributed by atoms with Crippen LogP contribution in [-0.4, -0.2) is 42.5 Å². The molecule has 1 amide bonds. The molecule has 0 fully saturated rings. The van der Waals surface area contributed by atoms with E-state index in [1.807, 2.05) is 45.3 Å². The van der Waals surface area contributed by atoms with E-state index in [1.54, 1.807) is 6.20 Å². The number of amides is 1. The van der Waals surface area contributed by atoms with Crippen LogP contribution >= 0.6 is 0 Å². The molecule has 0 saturated heterocycles. The number of hydrogen-bond donors (Lipinski definition) is 2. The van der Waals surface area contributed by atoms with E-state index in [2.05, 4.69) is 15.2 Å². The number of H-pyrrole nitrogens is 1. The number of carbonyl (C=O) groups is 1. The van der Waals surface area contributed by atoms with Gasteiger partial charge in [-0.3, -0.25) is 4.79 Å². The van der Waals surface area contributed by atoms with Crippen molar-refractivity contribution >= 4 is 16.8 Å². The number of aromatic amines is 1. The number of para-hydroxylation sites is 1. The molecule has 2 rings (SSSR count). The van der Waals surface area contributed by atoms with Gasteiger partial charge in [-0.15, -0.1) is 0 Å². The summed E-state index contributed by atoms with van der Waals surface area (Å²) in [5.74, 6) is -0.0105. The second-order valence-electron chi connectivity index (χ2n) is 5.21. The fourth-order valence-corrected chi connectivity index (χ4v) is 2.08. The maximum Gasteiger partial charge on any atom is 0.253 e. The van der Waals surface area contributed by atoms with Crippen LogP contribution in [0.1, 0.15) is 23.7 Å². The zero-order chi connectivity index (χ0) is 13.8. The highest BCUT2D eigenvalue weighted by Crippen LogP contribution is 2.17. The molecule has 0 saturated carbocycles. The summed E-state index contributed by atoms with van der Waals surface area (Å²) in [7, 11) is 4.07. The van der Waals surface area contributed by atoms with E-state index in [-0.39, 0.29) is 11.9 Å². The smallest absolute Gasteiger partial charge is 0.253 e. The number of aromatic nitrogens is 1. The molecule has 19 heavy (non-hydrogen) atoms. The van der Waals surface area contributed by atoms with Crippen molar-refractivity contribution < 1.29 is 4.79 Å². The van der Waals surface area contributed by atoms with Crippen molar-refractivity contribution in [2.45, 2.75) is 19.4 Å². The minimum Gasteiger partial charge on any atom is -0.360 e. The molecular weight excluding hydrogens is 238 g/mol. The van der Waals surface area contributed by atoms with Crippen molar-refractivity contribution in [1.82, 2.24) is 15.2 Å². The van der Waals surface area contributed by atoms with Gasteiger partial charge < -0.3 is 15.2 Å². The Labute approximate surface area is 113 Å². The van der Waals surface area contributed by atoms with Crippen LogP contribution in [0.5, 0.6) is 0 Å². The monoisotopic (exact) mass is 259 g/mol. The number of carbonyl (C=O) groups excluding carboxylic acids is 1. The lowest BCUT2D eigenvalue weighted by Crippen LogP contribution is -2.34. The third-order valence-electron chi connectivity index (χ3n) is 3.22. The number of nitrogens with one attached hydrogen (secondary N) is 2. The van der Waals surface area contributed by atoms with Crippen molar-refractivity contribution in [1.29, 1.82) is 0 Å². The molecule has 0 radical (unpaired) electrons. The Morgan fingerprint density at radius 3 is 2.84 bits per heavy atom. The van der Waals surface area contributed by atoms with E-state index < -0.39 is 0 Å². The van der Waals surface area contributed by atoms with E-state index in [9.17, 15) is 4.79 Å². The molecule has 0 spiro atoms. The first-order valence-corrected chi connectivity index (χ1v) is 6.59. The lowest BCUT2D eigenvalue weighted by atomic mass is 10.1. The Morgan fingerprint density at radius 1 is 1.37 bits per heavy atom. The summed E-state index contributed by atoms with van der Waals surface area (Å²) in [6, 6.07) is 8.01. The van der Waals surface area contributed by atoms with E-state index in [0.29, 0.717) is 5.56 Å². The van der Waals surface area contributed by atoms with Crippen molar-refractivity contribution in [3.05, 3.63) is 36.0 Å². The molecule has 0 aliphatic carbocycles. The Balaban J connectivity index is 2.04. The first-order valence-electron chi connectivity index (χ1n) is 6.59. The lowest BCUT2D eigenvalue weighted by Gasteiger charge is -2.16. The Bertz CT molecular complexity index is 559. The Kier molecular flexibility index (Phi) is 4.22. The largest absolute Gasteiger partial charge is 0.360 e. The van der Waals surface area contributed by atoms with Gasteiger partial charge in [0.15, 0.2) is 0 Å². The second kappa shape index (κ2) is 5.89. The van der Waals surface area contributed by atoms with Gasteiger partial charge in [0.25, 0.3) is 5.91 Å². The third-order valence-corrected chi connectivity index (χ3v) is 3.22. The van der Waals surface area contributed by atoms with Gasteiger partial charge in [-0.1, -0.05) is 18.2 Å². The maximum absolute atomic E-state index is 12.2. The number of hydrogen-bond acceptors (Lipinski definition) is 2. The number of nitrogens with zero attached hydrogens (tertiary/aromatic N) is 1. The number of rotatable bonds is 5. The molecule has 1 atom stereocenters. The van der Waals surface area contributed by atoms with Gasteiger partial charge in [0.1, 0.15) is 0 Å². The van der Waals surface area contributed by atoms with Gasteiger partial charge in [-0.2, -0.15) is 0 Å². The molecule has 0 aliphatic heterocycles. The Morgan fingerprint density at radius 2 is 2.11 bits per heavy atom. The first-order chi connectivity index (χ1) is 9.08. The first kappa shape index (κ1) is 13.6. The highest BCUT2D eigenvalue weighted by atomic mass is 16.1. The lowest BCUT2D eigenvalue weighted by molar-refractivity contribution is 0.0938. The van der Waals surface area contributed by atoms with Crippen LogP contribution < -0.4 is 5.32 Å². The molecular formula is C15H21N3O. The zero-order valence-corrected chi connectivity index (χ0v) is 11.7. The van der Waals surface area contributed by atoms with Crippen molar-refractivity contribution in [3.8, 4) is 0 Å². The molecule has 0 bridgehead atoms. The van der Waals surface area contributed by atoms with Crippen LogP contribution in [0, 0.1) is 0 Å². The summed E-state index contributed by atoms with van der Waals surface area (Å²) in [6.07, 6.45) is 2.72. The fraction of sp³-hybridized carbons (Fsp3) is 0.400. The van der Waals surface area contributed by atoms with Crippen LogP contribution in [-0.2, 0) is 0 Å². The van der Waals surface area contributed by atoms with Crippen molar-refractivity contribution in [3.63, 3.8) is 0 Å².